The molecule has 0 heterocycles. The molecule has 0 aliphatic rings. The van der Waals surface area contributed by atoms with Gasteiger partial charge in [-0.15, -0.1) is 0 Å². The zero-order valence-corrected chi connectivity index (χ0v) is 9.62. The molecule has 2 heteroatoms. The molecule has 80 valence electrons. The first-order valence-electron chi connectivity index (χ1n) is 5.03. The predicted molar refractivity (Wildman–Crippen MR) is 62.9 cm³/mol. The predicted octanol–water partition coefficient (Wildman–Crippen LogP) is 2.31. The van der Waals surface area contributed by atoms with Crippen molar-refractivity contribution in [3.63, 3.8) is 0 Å². The highest BCUT2D eigenvalue weighted by Crippen LogP contribution is 2.18. The van der Waals surface area contributed by atoms with Gasteiger partial charge in [-0.3, -0.25) is 0 Å². The molecule has 1 rings (SSSR count). The van der Waals surface area contributed by atoms with Crippen LogP contribution in [-0.2, 0) is 6.42 Å². The van der Waals surface area contributed by atoms with Crippen molar-refractivity contribution in [2.45, 2.75) is 20.3 Å². The van der Waals surface area contributed by atoms with Crippen LogP contribution in [0.25, 0.3) is 0 Å². The van der Waals surface area contributed by atoms with Crippen LogP contribution in [0.5, 0.6) is 0 Å². The Balaban J connectivity index is 0.000000791. The third-order valence-electron chi connectivity index (χ3n) is 2.26. The molecule has 0 unspecified atom stereocenters. The molecule has 0 aliphatic carbocycles. The third-order valence-corrected chi connectivity index (χ3v) is 2.26. The standard InChI is InChI=1S/C11H17N.CH4O/c1-4-10-8-6-7-9-11(10)12(3)5-2;1-2/h6-9H,4-5H2,1-3H3;2H,1H3. The van der Waals surface area contributed by atoms with E-state index in [1.54, 1.807) is 0 Å². The molecule has 2 nitrogen and oxygen atoms in total. The van der Waals surface area contributed by atoms with Crippen molar-refractivity contribution in [2.75, 3.05) is 25.6 Å². The monoisotopic (exact) mass is 195 g/mol. The summed E-state index contributed by atoms with van der Waals surface area (Å²) in [6.07, 6.45) is 1.11. The fourth-order valence-electron chi connectivity index (χ4n) is 1.35. The first-order chi connectivity index (χ1) is 6.79. The zero-order chi connectivity index (χ0) is 11.0. The molecule has 0 aliphatic heterocycles. The third kappa shape index (κ3) is 3.38. The molecule has 1 N–H and O–H groups in total. The number of aliphatic hydroxyl groups is 1. The second-order valence-electron chi connectivity index (χ2n) is 3.00. The Morgan fingerprint density at radius 1 is 1.14 bits per heavy atom. The van der Waals surface area contributed by atoms with E-state index in [-0.39, 0.29) is 0 Å². The number of para-hydroxylation sites is 1. The van der Waals surface area contributed by atoms with Crippen molar-refractivity contribution in [1.29, 1.82) is 0 Å². The number of benzene rings is 1. The molecule has 0 saturated carbocycles. The van der Waals surface area contributed by atoms with E-state index in [2.05, 4.69) is 50.1 Å². The van der Waals surface area contributed by atoms with Gasteiger partial charge in [0.15, 0.2) is 0 Å². The number of rotatable bonds is 3. The van der Waals surface area contributed by atoms with Gasteiger partial charge in [0.1, 0.15) is 0 Å². The summed E-state index contributed by atoms with van der Waals surface area (Å²) in [5, 5.41) is 7.00. The SMILES string of the molecule is CCc1ccccc1N(C)CC.CO. The topological polar surface area (TPSA) is 23.5 Å². The van der Waals surface area contributed by atoms with Crippen LogP contribution in [-0.4, -0.2) is 25.8 Å². The van der Waals surface area contributed by atoms with Gasteiger partial charge < -0.3 is 10.0 Å². The smallest absolute Gasteiger partial charge is 0.0395 e. The molecule has 0 saturated heterocycles. The number of hydrogen-bond acceptors (Lipinski definition) is 2. The van der Waals surface area contributed by atoms with Crippen molar-refractivity contribution in [2.24, 2.45) is 0 Å². The van der Waals surface area contributed by atoms with Crippen LogP contribution in [0, 0.1) is 0 Å². The van der Waals surface area contributed by atoms with Crippen molar-refractivity contribution in [1.82, 2.24) is 0 Å². The van der Waals surface area contributed by atoms with E-state index in [1.807, 2.05) is 0 Å². The van der Waals surface area contributed by atoms with E-state index in [0.29, 0.717) is 0 Å². The van der Waals surface area contributed by atoms with Crippen LogP contribution in [0.2, 0.25) is 0 Å². The Bertz CT molecular complexity index is 248. The first-order valence-corrected chi connectivity index (χ1v) is 5.03. The Hall–Kier alpha value is -1.02. The van der Waals surface area contributed by atoms with Crippen LogP contribution in [0.3, 0.4) is 0 Å². The quantitative estimate of drug-likeness (QED) is 0.800. The molecule has 0 radical (unpaired) electrons. The summed E-state index contributed by atoms with van der Waals surface area (Å²) in [5.74, 6) is 0. The molecule has 1 aromatic carbocycles. The van der Waals surface area contributed by atoms with E-state index >= 15 is 0 Å². The molecule has 0 spiro atoms. The summed E-state index contributed by atoms with van der Waals surface area (Å²) in [6, 6.07) is 8.58. The lowest BCUT2D eigenvalue weighted by atomic mass is 10.1. The molecule has 0 atom stereocenters. The van der Waals surface area contributed by atoms with Gasteiger partial charge in [-0.05, 0) is 25.0 Å². The molecule has 0 bridgehead atoms. The minimum absolute atomic E-state index is 1.00. The molecule has 1 aromatic rings. The number of hydrogen-bond donors (Lipinski definition) is 1. The van der Waals surface area contributed by atoms with E-state index < -0.39 is 0 Å². The van der Waals surface area contributed by atoms with Gasteiger partial charge in [0.2, 0.25) is 0 Å². The minimum atomic E-state index is 1.00. The molecule has 0 fully saturated rings. The number of nitrogens with zero attached hydrogens (tertiary/aromatic N) is 1. The first kappa shape index (κ1) is 13.0. The van der Waals surface area contributed by atoms with Gasteiger partial charge >= 0.3 is 0 Å². The zero-order valence-electron chi connectivity index (χ0n) is 9.62. The lowest BCUT2D eigenvalue weighted by Gasteiger charge is -2.19. The van der Waals surface area contributed by atoms with Crippen LogP contribution < -0.4 is 4.90 Å². The maximum atomic E-state index is 7.00. The average molecular weight is 195 g/mol. The summed E-state index contributed by atoms with van der Waals surface area (Å²) in [6.45, 7) is 5.44. The van der Waals surface area contributed by atoms with Gasteiger partial charge in [-0.25, -0.2) is 0 Å². The number of anilines is 1. The van der Waals surface area contributed by atoms with E-state index in [9.17, 15) is 0 Å². The molecule has 14 heavy (non-hydrogen) atoms. The van der Waals surface area contributed by atoms with Crippen LogP contribution >= 0.6 is 0 Å². The fraction of sp³-hybridized carbons (Fsp3) is 0.500. The van der Waals surface area contributed by atoms with Crippen molar-refractivity contribution >= 4 is 5.69 Å². The summed E-state index contributed by atoms with van der Waals surface area (Å²) in [4.78, 5) is 2.28. The van der Waals surface area contributed by atoms with Crippen LogP contribution in [0.15, 0.2) is 24.3 Å². The summed E-state index contributed by atoms with van der Waals surface area (Å²) >= 11 is 0. The largest absolute Gasteiger partial charge is 0.400 e. The van der Waals surface area contributed by atoms with E-state index in [1.165, 1.54) is 11.3 Å². The van der Waals surface area contributed by atoms with E-state index in [0.717, 1.165) is 20.1 Å². The Kier molecular flexibility index (Phi) is 6.85. The Morgan fingerprint density at radius 3 is 2.21 bits per heavy atom. The molecular weight excluding hydrogens is 174 g/mol. The summed E-state index contributed by atoms with van der Waals surface area (Å²) in [7, 11) is 3.13. The van der Waals surface area contributed by atoms with E-state index in [4.69, 9.17) is 5.11 Å². The van der Waals surface area contributed by atoms with Gasteiger partial charge in [-0.2, -0.15) is 0 Å². The van der Waals surface area contributed by atoms with Gasteiger partial charge in [-0.1, -0.05) is 25.1 Å². The van der Waals surface area contributed by atoms with Gasteiger partial charge in [0.05, 0.1) is 0 Å². The normalized spacial score (nSPS) is 8.93. The lowest BCUT2D eigenvalue weighted by Crippen LogP contribution is -2.17. The number of aryl methyl sites for hydroxylation is 1. The van der Waals surface area contributed by atoms with Crippen LogP contribution in [0.1, 0.15) is 19.4 Å². The Morgan fingerprint density at radius 2 is 1.71 bits per heavy atom. The maximum absolute atomic E-state index is 7.00. The molecular formula is C12H21NO. The highest BCUT2D eigenvalue weighted by atomic mass is 16.2. The van der Waals surface area contributed by atoms with Gasteiger partial charge in [0.25, 0.3) is 0 Å². The average Bonchev–Trinajstić information content (AvgIpc) is 2.30. The Labute approximate surface area is 87.2 Å². The molecule has 0 aromatic heterocycles. The second-order valence-corrected chi connectivity index (χ2v) is 3.00. The highest BCUT2D eigenvalue weighted by molar-refractivity contribution is 5.52. The highest BCUT2D eigenvalue weighted by Gasteiger charge is 2.01. The minimum Gasteiger partial charge on any atom is -0.400 e. The second kappa shape index (κ2) is 7.39. The summed E-state index contributed by atoms with van der Waals surface area (Å²) < 4.78 is 0. The molecule has 0 amide bonds. The fourth-order valence-corrected chi connectivity index (χ4v) is 1.35. The van der Waals surface area contributed by atoms with Crippen molar-refractivity contribution in [3.8, 4) is 0 Å². The maximum Gasteiger partial charge on any atom is 0.0395 e. The number of aliphatic hydroxyl groups excluding tert-OH is 1. The van der Waals surface area contributed by atoms with Crippen LogP contribution in [0.4, 0.5) is 5.69 Å². The lowest BCUT2D eigenvalue weighted by molar-refractivity contribution is 0.399. The van der Waals surface area contributed by atoms with Crippen molar-refractivity contribution < 1.29 is 5.11 Å². The summed E-state index contributed by atoms with van der Waals surface area (Å²) in [5.41, 5.74) is 2.80. The van der Waals surface area contributed by atoms with Gasteiger partial charge in [0, 0.05) is 26.4 Å². The van der Waals surface area contributed by atoms with Crippen molar-refractivity contribution in [3.05, 3.63) is 29.8 Å².